The number of pyridine rings is 1. The molecule has 1 aromatic carbocycles. The molecule has 0 unspecified atom stereocenters. The number of anilines is 1. The number of ketones is 1. The van der Waals surface area contributed by atoms with Crippen LogP contribution in [0.5, 0.6) is 0 Å². The van der Waals surface area contributed by atoms with Crippen molar-refractivity contribution in [3.63, 3.8) is 0 Å². The van der Waals surface area contributed by atoms with Crippen molar-refractivity contribution in [3.05, 3.63) is 34.4 Å². The van der Waals surface area contributed by atoms with Crippen LogP contribution in [0.2, 0.25) is 0 Å². The minimum absolute atomic E-state index is 0.177. The fraction of sp³-hybridized carbons (Fsp3) is 0.545. The van der Waals surface area contributed by atoms with Crippen LogP contribution in [-0.2, 0) is 0 Å². The molecule has 3 rings (SSSR count). The monoisotopic (exact) mass is 431 g/mol. The molecule has 27 heavy (non-hydrogen) atoms. The van der Waals surface area contributed by atoms with Gasteiger partial charge in [0.2, 0.25) is 0 Å². The van der Waals surface area contributed by atoms with E-state index in [2.05, 4.69) is 51.3 Å². The van der Waals surface area contributed by atoms with Gasteiger partial charge in [-0.15, -0.1) is 0 Å². The van der Waals surface area contributed by atoms with E-state index >= 15 is 0 Å². The van der Waals surface area contributed by atoms with E-state index in [0.717, 1.165) is 58.4 Å². The molecule has 0 amide bonds. The van der Waals surface area contributed by atoms with Gasteiger partial charge in [-0.05, 0) is 70.3 Å². The van der Waals surface area contributed by atoms with Gasteiger partial charge in [-0.25, -0.2) is 0 Å². The maximum Gasteiger partial charge on any atom is 0.166 e. The van der Waals surface area contributed by atoms with Gasteiger partial charge in [0.25, 0.3) is 0 Å². The molecule has 0 aliphatic heterocycles. The lowest BCUT2D eigenvalue weighted by Crippen LogP contribution is -2.31. The Morgan fingerprint density at radius 1 is 1.26 bits per heavy atom. The summed E-state index contributed by atoms with van der Waals surface area (Å²) >= 11 is 3.57. The molecule has 1 aliphatic carbocycles. The first-order valence-corrected chi connectivity index (χ1v) is 10.8. The van der Waals surface area contributed by atoms with Crippen LogP contribution in [0.15, 0.2) is 28.9 Å². The number of aromatic nitrogens is 1. The summed E-state index contributed by atoms with van der Waals surface area (Å²) < 4.78 is 1.01. The predicted octanol–water partition coefficient (Wildman–Crippen LogP) is 5.51. The molecule has 0 saturated heterocycles. The quantitative estimate of drug-likeness (QED) is 0.586. The van der Waals surface area contributed by atoms with Crippen molar-refractivity contribution in [1.82, 2.24) is 9.88 Å². The normalized spacial score (nSPS) is 20.2. The Morgan fingerprint density at radius 3 is 2.67 bits per heavy atom. The molecule has 4 nitrogen and oxygen atoms in total. The lowest BCUT2D eigenvalue weighted by molar-refractivity contribution is 0.0982. The first-order chi connectivity index (χ1) is 13.0. The van der Waals surface area contributed by atoms with Gasteiger partial charge in [-0.2, -0.15) is 0 Å². The highest BCUT2D eigenvalue weighted by atomic mass is 79.9. The first kappa shape index (κ1) is 20.3. The van der Waals surface area contributed by atoms with Crippen molar-refractivity contribution in [2.24, 2.45) is 5.92 Å². The van der Waals surface area contributed by atoms with E-state index in [4.69, 9.17) is 0 Å². The van der Waals surface area contributed by atoms with E-state index in [1.807, 2.05) is 19.1 Å². The van der Waals surface area contributed by atoms with Gasteiger partial charge in [0, 0.05) is 35.1 Å². The van der Waals surface area contributed by atoms with E-state index in [1.54, 1.807) is 6.20 Å². The summed E-state index contributed by atoms with van der Waals surface area (Å²) in [6, 6.07) is 6.50. The number of hydrogen-bond donors (Lipinski definition) is 1. The Kier molecular flexibility index (Phi) is 6.88. The molecular weight excluding hydrogens is 402 g/mol. The van der Waals surface area contributed by atoms with Gasteiger partial charge >= 0.3 is 0 Å². The topological polar surface area (TPSA) is 45.2 Å². The number of halogens is 1. The Labute approximate surface area is 170 Å². The minimum atomic E-state index is 0.177. The highest BCUT2D eigenvalue weighted by Gasteiger charge is 2.24. The second-order valence-corrected chi connectivity index (χ2v) is 8.92. The van der Waals surface area contributed by atoms with Gasteiger partial charge in [0.05, 0.1) is 16.8 Å². The minimum Gasteiger partial charge on any atom is -0.381 e. The number of carbonyl (C=O) groups excluding carboxylic acids is 1. The Morgan fingerprint density at radius 2 is 2.00 bits per heavy atom. The molecule has 5 heteroatoms. The summed E-state index contributed by atoms with van der Waals surface area (Å²) in [5.74, 6) is 0.957. The average molecular weight is 432 g/mol. The van der Waals surface area contributed by atoms with Crippen molar-refractivity contribution in [1.29, 1.82) is 0 Å². The number of benzene rings is 1. The molecule has 1 fully saturated rings. The van der Waals surface area contributed by atoms with Crippen molar-refractivity contribution in [2.45, 2.75) is 51.5 Å². The summed E-state index contributed by atoms with van der Waals surface area (Å²) in [5.41, 5.74) is 2.63. The van der Waals surface area contributed by atoms with E-state index < -0.39 is 0 Å². The van der Waals surface area contributed by atoms with Gasteiger partial charge in [0.1, 0.15) is 0 Å². The van der Waals surface area contributed by atoms with E-state index in [0.29, 0.717) is 12.5 Å². The fourth-order valence-corrected chi connectivity index (χ4v) is 4.46. The van der Waals surface area contributed by atoms with Crippen LogP contribution < -0.4 is 5.32 Å². The van der Waals surface area contributed by atoms with Gasteiger partial charge in [-0.3, -0.25) is 9.78 Å². The second-order valence-electron chi connectivity index (χ2n) is 8.01. The Bertz CT molecular complexity index is 797. The van der Waals surface area contributed by atoms with E-state index in [1.165, 1.54) is 12.8 Å². The number of hydrogen-bond acceptors (Lipinski definition) is 4. The summed E-state index contributed by atoms with van der Waals surface area (Å²) in [5, 5.41) is 4.77. The third-order valence-electron chi connectivity index (χ3n) is 5.43. The number of nitrogens with zero attached hydrogens (tertiary/aromatic N) is 2. The largest absolute Gasteiger partial charge is 0.381 e. The molecule has 1 N–H and O–H groups in total. The number of carbonyl (C=O) groups is 1. The predicted molar refractivity (Wildman–Crippen MR) is 117 cm³/mol. The maximum absolute atomic E-state index is 12.7. The summed E-state index contributed by atoms with van der Waals surface area (Å²) in [6.07, 6.45) is 7.95. The summed E-state index contributed by atoms with van der Waals surface area (Å²) in [4.78, 5) is 19.5. The third-order valence-corrected chi connectivity index (χ3v) is 5.92. The van der Waals surface area contributed by atoms with Crippen LogP contribution >= 0.6 is 15.9 Å². The molecule has 0 bridgehead atoms. The Balaban J connectivity index is 1.86. The average Bonchev–Trinajstić information content (AvgIpc) is 2.63. The summed E-state index contributed by atoms with van der Waals surface area (Å²) in [7, 11) is 4.30. The van der Waals surface area contributed by atoms with Crippen molar-refractivity contribution in [3.8, 4) is 0 Å². The molecule has 1 saturated carbocycles. The van der Waals surface area contributed by atoms with Gasteiger partial charge < -0.3 is 10.2 Å². The highest BCUT2D eigenvalue weighted by molar-refractivity contribution is 9.10. The zero-order valence-electron chi connectivity index (χ0n) is 16.6. The molecule has 0 radical (unpaired) electrons. The molecule has 0 atom stereocenters. The molecule has 1 aliphatic rings. The fourth-order valence-electron chi connectivity index (χ4n) is 4.10. The van der Waals surface area contributed by atoms with E-state index in [9.17, 15) is 4.79 Å². The highest BCUT2D eigenvalue weighted by Crippen LogP contribution is 2.33. The lowest BCUT2D eigenvalue weighted by atomic mass is 9.85. The van der Waals surface area contributed by atoms with Crippen molar-refractivity contribution < 1.29 is 4.79 Å². The van der Waals surface area contributed by atoms with Gasteiger partial charge in [-0.1, -0.05) is 22.9 Å². The zero-order valence-corrected chi connectivity index (χ0v) is 18.2. The van der Waals surface area contributed by atoms with Crippen molar-refractivity contribution in [2.75, 3.05) is 26.0 Å². The molecule has 2 aromatic rings. The van der Waals surface area contributed by atoms with Crippen LogP contribution in [0.3, 0.4) is 0 Å². The lowest BCUT2D eigenvalue weighted by Gasteiger charge is -2.32. The van der Waals surface area contributed by atoms with Gasteiger partial charge in [0.15, 0.2) is 5.78 Å². The summed E-state index contributed by atoms with van der Waals surface area (Å²) in [6.45, 7) is 3.21. The van der Waals surface area contributed by atoms with Crippen molar-refractivity contribution >= 4 is 38.3 Å². The SMILES string of the molecule is CCCC(=O)c1cnc2ccc(Br)cc2c1N[C@H]1CC[C@H](CN(C)C)CC1. The van der Waals surface area contributed by atoms with Crippen LogP contribution in [0.25, 0.3) is 10.9 Å². The number of rotatable bonds is 7. The molecule has 1 heterocycles. The maximum atomic E-state index is 12.7. The zero-order chi connectivity index (χ0) is 19.4. The van der Waals surface area contributed by atoms with Crippen LogP contribution in [-0.4, -0.2) is 42.3 Å². The molecule has 146 valence electrons. The standard InChI is InChI=1S/C22H30BrN3O/c1-4-5-21(27)19-13-24-20-11-8-16(23)12-18(20)22(19)25-17-9-6-15(7-10-17)14-26(2)3/h8,11-13,15,17H,4-7,9-10,14H2,1-3H3,(H,24,25)/t15-,17-. The van der Waals surface area contributed by atoms with Crippen LogP contribution in [0, 0.1) is 5.92 Å². The number of fused-ring (bicyclic) bond motifs is 1. The first-order valence-electron chi connectivity index (χ1n) is 10.0. The smallest absolute Gasteiger partial charge is 0.166 e. The van der Waals surface area contributed by atoms with E-state index in [-0.39, 0.29) is 5.78 Å². The third kappa shape index (κ3) is 5.08. The molecular formula is C22H30BrN3O. The second kappa shape index (κ2) is 9.16. The number of Topliss-reactive ketones (excluding diaryl/α,β-unsaturated/α-hetero) is 1. The van der Waals surface area contributed by atoms with Crippen LogP contribution in [0.4, 0.5) is 5.69 Å². The molecule has 1 aromatic heterocycles. The molecule has 0 spiro atoms. The number of nitrogens with one attached hydrogen (secondary N) is 1. The van der Waals surface area contributed by atoms with Crippen LogP contribution in [0.1, 0.15) is 55.8 Å². The Hall–Kier alpha value is -1.46.